The van der Waals surface area contributed by atoms with Gasteiger partial charge in [0.05, 0.1) is 12.4 Å². The number of piperidine rings is 1. The molecule has 4 rings (SSSR count). The smallest absolute Gasteiger partial charge is 0.340 e. The molecule has 0 saturated carbocycles. The van der Waals surface area contributed by atoms with Gasteiger partial charge in [0, 0.05) is 55.6 Å². The second-order valence-electron chi connectivity index (χ2n) is 4.43. The van der Waals surface area contributed by atoms with E-state index >= 15 is 0 Å². The van der Waals surface area contributed by atoms with E-state index in [-0.39, 0.29) is 10.4 Å². The zero-order chi connectivity index (χ0) is 27.8. The van der Waals surface area contributed by atoms with Gasteiger partial charge in [-0.15, -0.1) is 0 Å². The average Bonchev–Trinajstić information content (AvgIpc) is 3.25. The topological polar surface area (TPSA) is 45.3 Å². The molecule has 3 heterocycles. The number of para-hydroxylation sites is 1. The second kappa shape index (κ2) is 4.88. The SMILES string of the molecule is [2H]c1c([2H])c([2H])c2c(C(=O)OC3([2H])C([2H])([2H])[C@]4([2H])N(C)[C@]([2H])(C3([2H])[2H])C([2H])([2H])C4([2H])[2H])c[nH]c2c1[2H]. The molecule has 4 heteroatoms. The van der Waals surface area contributed by atoms with E-state index in [4.69, 9.17) is 25.3 Å². The molecule has 1 aromatic carbocycles. The van der Waals surface area contributed by atoms with Gasteiger partial charge in [-0.2, -0.15) is 0 Å². The first-order valence-electron chi connectivity index (χ1n) is 13.6. The lowest BCUT2D eigenvalue weighted by Gasteiger charge is -2.35. The standard InChI is InChI=1S/C17H20N2O2/c1-19-11-6-7-12(19)9-13(8-11)21-17(20)15-10-18-16-5-3-2-4-14(15)16/h2-5,10-13,18H,6-9H2,1H3/t11-,12+,13?/i2D,3D,4D,5D,6D2,7D2,8D2,9D2,11D,12D,13D. The van der Waals surface area contributed by atoms with E-state index in [9.17, 15) is 4.79 Å². The van der Waals surface area contributed by atoms with Crippen LogP contribution in [0.1, 0.15) is 56.4 Å². The Morgan fingerprint density at radius 1 is 1.43 bits per heavy atom. The number of hydrogen-bond acceptors (Lipinski definition) is 3. The number of aromatic amines is 1. The monoisotopic (exact) mass is 299 g/mol. The van der Waals surface area contributed by atoms with Crippen LogP contribution in [-0.2, 0) is 4.74 Å². The van der Waals surface area contributed by atoms with Gasteiger partial charge in [-0.1, -0.05) is 18.1 Å². The molecule has 1 N–H and O–H groups in total. The van der Waals surface area contributed by atoms with Crippen LogP contribution in [0.2, 0.25) is 0 Å². The van der Waals surface area contributed by atoms with Crippen LogP contribution in [0.5, 0.6) is 0 Å². The van der Waals surface area contributed by atoms with Crippen LogP contribution >= 0.6 is 0 Å². The first-order valence-corrected chi connectivity index (χ1v) is 6.08. The van der Waals surface area contributed by atoms with Gasteiger partial charge in [-0.05, 0) is 25.8 Å². The largest absolute Gasteiger partial charge is 0.459 e. The maximum absolute atomic E-state index is 13.2. The number of esters is 1. The van der Waals surface area contributed by atoms with E-state index in [1.54, 1.807) is 0 Å². The van der Waals surface area contributed by atoms with Crippen LogP contribution in [0.3, 0.4) is 0 Å². The van der Waals surface area contributed by atoms with Crippen LogP contribution in [-0.4, -0.2) is 41.0 Å². The molecule has 0 spiro atoms. The summed E-state index contributed by atoms with van der Waals surface area (Å²) in [6, 6.07) is -9.41. The predicted octanol–water partition coefficient (Wildman–Crippen LogP) is 2.95. The highest BCUT2D eigenvalue weighted by atomic mass is 16.5. The number of nitrogens with one attached hydrogen (secondary N) is 1. The van der Waals surface area contributed by atoms with Gasteiger partial charge >= 0.3 is 5.97 Å². The first kappa shape index (κ1) is 4.59. The van der Waals surface area contributed by atoms with Crippen molar-refractivity contribution in [1.29, 1.82) is 0 Å². The molecule has 0 radical (unpaired) electrons. The van der Waals surface area contributed by atoms with Gasteiger partial charge < -0.3 is 14.6 Å². The zero-order valence-electron chi connectivity index (χ0n) is 25.8. The first-order chi connectivity index (χ1) is 16.0. The number of carbonyl (C=O) groups excluding carboxylic acids is 1. The summed E-state index contributed by atoms with van der Waals surface area (Å²) in [5.41, 5.74) is -0.867. The van der Waals surface area contributed by atoms with E-state index in [1.165, 1.54) is 0 Å². The number of carbonyl (C=O) groups is 1. The summed E-state index contributed by atoms with van der Waals surface area (Å²) < 4.78 is 129. The van der Waals surface area contributed by atoms with E-state index < -0.39 is 84.7 Å². The molecular formula is C17H20N2O2. The van der Waals surface area contributed by atoms with Crippen molar-refractivity contribution in [2.45, 2.75) is 43.6 Å². The molecule has 110 valence electrons. The molecule has 0 amide bonds. The number of aromatic nitrogens is 1. The Labute approximate surface area is 145 Å². The van der Waals surface area contributed by atoms with Gasteiger partial charge in [-0.3, -0.25) is 0 Å². The molecule has 1 unspecified atom stereocenters. The summed E-state index contributed by atoms with van der Waals surface area (Å²) in [5.74, 6) is -1.66. The third kappa shape index (κ3) is 2.14. The summed E-state index contributed by atoms with van der Waals surface area (Å²) in [6.45, 7) is 0. The normalized spacial score (nSPS) is 59.4. The highest BCUT2D eigenvalue weighted by Gasteiger charge is 2.40. The van der Waals surface area contributed by atoms with Gasteiger partial charge in [0.2, 0.25) is 0 Å². The van der Waals surface area contributed by atoms with Gasteiger partial charge in [0.15, 0.2) is 0 Å². The molecule has 21 heavy (non-hydrogen) atoms. The molecule has 2 saturated heterocycles. The van der Waals surface area contributed by atoms with Crippen molar-refractivity contribution in [2.24, 2.45) is 0 Å². The van der Waals surface area contributed by atoms with Crippen molar-refractivity contribution < 1.29 is 30.1 Å². The fourth-order valence-electron chi connectivity index (χ4n) is 2.07. The fourth-order valence-corrected chi connectivity index (χ4v) is 2.07. The van der Waals surface area contributed by atoms with E-state index in [1.807, 2.05) is 0 Å². The van der Waals surface area contributed by atoms with Gasteiger partial charge in [-0.25, -0.2) is 4.79 Å². The molecule has 2 bridgehead atoms. The van der Waals surface area contributed by atoms with Crippen molar-refractivity contribution in [3.05, 3.63) is 35.9 Å². The Bertz CT molecular complexity index is 1280. The molecule has 0 aliphatic carbocycles. The average molecular weight is 299 g/mol. The number of H-pyrrole nitrogens is 1. The Morgan fingerprint density at radius 2 is 2.14 bits per heavy atom. The van der Waals surface area contributed by atoms with Crippen LogP contribution in [0.4, 0.5) is 0 Å². The molecule has 2 aliphatic heterocycles. The highest BCUT2D eigenvalue weighted by molar-refractivity contribution is 6.04. The summed E-state index contributed by atoms with van der Waals surface area (Å²) in [4.78, 5) is 15.9. The molecule has 2 aromatic rings. The van der Waals surface area contributed by atoms with Crippen LogP contribution in [0, 0.1) is 0 Å². The summed E-state index contributed by atoms with van der Waals surface area (Å²) in [6.07, 6.45) is -17.7. The minimum absolute atomic E-state index is 0.233. The Balaban J connectivity index is 1.95. The molecule has 1 aromatic heterocycles. The van der Waals surface area contributed by atoms with Crippen molar-refractivity contribution in [1.82, 2.24) is 9.88 Å². The molecular weight excluding hydrogens is 264 g/mol. The lowest BCUT2D eigenvalue weighted by Crippen LogP contribution is -2.43. The Kier molecular flexibility index (Phi) is 1.07. The predicted molar refractivity (Wildman–Crippen MR) is 81.3 cm³/mol. The van der Waals surface area contributed by atoms with E-state index in [0.29, 0.717) is 0 Å². The summed E-state index contributed by atoms with van der Waals surface area (Å²) in [5, 5.41) is -0.404. The third-order valence-electron chi connectivity index (χ3n) is 3.17. The minimum atomic E-state index is -3.86. The minimum Gasteiger partial charge on any atom is -0.459 e. The number of nitrogens with zero attached hydrogens (tertiary/aromatic N) is 1. The van der Waals surface area contributed by atoms with Crippen molar-refractivity contribution in [2.75, 3.05) is 7.05 Å². The number of hydrogen-bond donors (Lipinski definition) is 1. The lowest BCUT2D eigenvalue weighted by atomic mass is 10.0. The van der Waals surface area contributed by atoms with E-state index in [0.717, 1.165) is 13.2 Å². The molecule has 2 aliphatic rings. The number of benzene rings is 1. The molecule has 4 nitrogen and oxygen atoms in total. The van der Waals surface area contributed by atoms with Crippen molar-refractivity contribution >= 4 is 16.9 Å². The van der Waals surface area contributed by atoms with Crippen molar-refractivity contribution in [3.8, 4) is 0 Å². The quantitative estimate of drug-likeness (QED) is 0.867. The Hall–Kier alpha value is -1.81. The summed E-state index contributed by atoms with van der Waals surface area (Å²) >= 11 is 0. The number of fused-ring (bicyclic) bond motifs is 3. The maximum atomic E-state index is 13.2. The van der Waals surface area contributed by atoms with Gasteiger partial charge in [0.25, 0.3) is 0 Å². The maximum Gasteiger partial charge on any atom is 0.340 e. The van der Waals surface area contributed by atoms with Crippen LogP contribution < -0.4 is 0 Å². The molecule has 3 atom stereocenters. The van der Waals surface area contributed by atoms with Crippen LogP contribution in [0.25, 0.3) is 10.9 Å². The summed E-state index contributed by atoms with van der Waals surface area (Å²) in [7, 11) is 0.787. The molecule has 2 fully saturated rings. The van der Waals surface area contributed by atoms with Gasteiger partial charge in [0.1, 0.15) is 6.08 Å². The Morgan fingerprint density at radius 3 is 2.90 bits per heavy atom. The number of ether oxygens (including phenoxy) is 1. The van der Waals surface area contributed by atoms with Crippen LogP contribution in [0.15, 0.2) is 30.4 Å². The second-order valence-corrected chi connectivity index (χ2v) is 4.43. The highest BCUT2D eigenvalue weighted by Crippen LogP contribution is 2.35. The lowest BCUT2D eigenvalue weighted by molar-refractivity contribution is -0.000258. The third-order valence-corrected chi connectivity index (χ3v) is 3.17. The van der Waals surface area contributed by atoms with E-state index in [2.05, 4.69) is 4.98 Å². The zero-order valence-corrected chi connectivity index (χ0v) is 10.8. The number of rotatable bonds is 2. The fraction of sp³-hybridized carbons (Fsp3) is 0.471. The van der Waals surface area contributed by atoms with Crippen molar-refractivity contribution in [3.63, 3.8) is 0 Å².